The average molecular weight is 278 g/mol. The summed E-state index contributed by atoms with van der Waals surface area (Å²) in [6.07, 6.45) is 2.58. The van der Waals surface area contributed by atoms with Gasteiger partial charge in [0.15, 0.2) is 0 Å². The van der Waals surface area contributed by atoms with E-state index in [1.807, 2.05) is 6.92 Å². The van der Waals surface area contributed by atoms with Gasteiger partial charge >= 0.3 is 5.69 Å². The number of rotatable bonds is 4. The van der Waals surface area contributed by atoms with Gasteiger partial charge in [-0.3, -0.25) is 14.9 Å². The van der Waals surface area contributed by atoms with Crippen LogP contribution in [0.25, 0.3) is 0 Å². The molecule has 108 valence electrons. The standard InChI is InChI=1S/C14H18N2O4/c1-3-10-8-11(14(17)15-6-4-5-7-15)13(20-2)12(9-10)16(18)19/h8-9H,3-7H2,1-2H3. The first-order chi connectivity index (χ1) is 9.58. The molecule has 6 nitrogen and oxygen atoms in total. The third-order valence-corrected chi connectivity index (χ3v) is 3.56. The van der Waals surface area contributed by atoms with Crippen LogP contribution in [-0.2, 0) is 6.42 Å². The third kappa shape index (κ3) is 2.59. The van der Waals surface area contributed by atoms with E-state index in [2.05, 4.69) is 0 Å². The smallest absolute Gasteiger partial charge is 0.312 e. The van der Waals surface area contributed by atoms with Crippen molar-refractivity contribution >= 4 is 11.6 Å². The molecule has 0 unspecified atom stereocenters. The number of likely N-dealkylation sites (tertiary alicyclic amines) is 1. The summed E-state index contributed by atoms with van der Waals surface area (Å²) < 4.78 is 5.13. The summed E-state index contributed by atoms with van der Waals surface area (Å²) in [4.78, 5) is 24.9. The van der Waals surface area contributed by atoms with E-state index in [0.717, 1.165) is 18.4 Å². The molecule has 1 aliphatic rings. The van der Waals surface area contributed by atoms with E-state index >= 15 is 0 Å². The summed E-state index contributed by atoms with van der Waals surface area (Å²) in [5.41, 5.74) is 0.912. The monoisotopic (exact) mass is 278 g/mol. The summed E-state index contributed by atoms with van der Waals surface area (Å²) in [6.45, 7) is 3.30. The van der Waals surface area contributed by atoms with Crippen LogP contribution in [0.15, 0.2) is 12.1 Å². The van der Waals surface area contributed by atoms with Crippen molar-refractivity contribution in [1.29, 1.82) is 0 Å². The molecule has 0 radical (unpaired) electrons. The minimum Gasteiger partial charge on any atom is -0.490 e. The van der Waals surface area contributed by atoms with Gasteiger partial charge in [-0.25, -0.2) is 0 Å². The molecule has 20 heavy (non-hydrogen) atoms. The molecule has 0 saturated carbocycles. The summed E-state index contributed by atoms with van der Waals surface area (Å²) in [5.74, 6) is -0.123. The Kier molecular flexibility index (Phi) is 4.22. The lowest BCUT2D eigenvalue weighted by Crippen LogP contribution is -2.28. The lowest BCUT2D eigenvalue weighted by atomic mass is 10.0. The maximum atomic E-state index is 12.5. The number of hydrogen-bond acceptors (Lipinski definition) is 4. The highest BCUT2D eigenvalue weighted by Crippen LogP contribution is 2.34. The first kappa shape index (κ1) is 14.3. The van der Waals surface area contributed by atoms with Gasteiger partial charge in [0.25, 0.3) is 5.91 Å². The van der Waals surface area contributed by atoms with Crippen LogP contribution in [0.1, 0.15) is 35.7 Å². The number of carbonyl (C=O) groups excluding carboxylic acids is 1. The molecule has 0 aromatic heterocycles. The molecule has 1 aliphatic heterocycles. The van der Waals surface area contributed by atoms with Gasteiger partial charge in [-0.1, -0.05) is 6.92 Å². The number of hydrogen-bond donors (Lipinski definition) is 0. The van der Waals surface area contributed by atoms with E-state index in [-0.39, 0.29) is 17.3 Å². The van der Waals surface area contributed by atoms with Crippen molar-refractivity contribution in [3.63, 3.8) is 0 Å². The summed E-state index contributed by atoms with van der Waals surface area (Å²) in [5, 5.41) is 11.1. The second-order valence-electron chi connectivity index (χ2n) is 4.81. The van der Waals surface area contributed by atoms with Crippen LogP contribution < -0.4 is 4.74 Å². The number of aryl methyl sites for hydroxylation is 1. The Balaban J connectivity index is 2.51. The van der Waals surface area contributed by atoms with Gasteiger partial charge in [0.1, 0.15) is 0 Å². The first-order valence-electron chi connectivity index (χ1n) is 6.73. The second kappa shape index (κ2) is 5.90. The molecule has 2 rings (SSSR count). The molecular weight excluding hydrogens is 260 g/mol. The molecule has 0 bridgehead atoms. The van der Waals surface area contributed by atoms with Crippen LogP contribution in [0.3, 0.4) is 0 Å². The number of benzene rings is 1. The Morgan fingerprint density at radius 1 is 1.40 bits per heavy atom. The highest BCUT2D eigenvalue weighted by molar-refractivity contribution is 5.98. The van der Waals surface area contributed by atoms with Crippen molar-refractivity contribution in [2.24, 2.45) is 0 Å². The van der Waals surface area contributed by atoms with Crippen molar-refractivity contribution in [3.05, 3.63) is 33.4 Å². The minimum atomic E-state index is -0.501. The maximum Gasteiger partial charge on any atom is 0.312 e. The van der Waals surface area contributed by atoms with Crippen LogP contribution in [0.2, 0.25) is 0 Å². The number of amides is 1. The first-order valence-corrected chi connectivity index (χ1v) is 6.73. The predicted molar refractivity (Wildman–Crippen MR) is 74.2 cm³/mol. The molecule has 1 aromatic rings. The quantitative estimate of drug-likeness (QED) is 0.626. The fourth-order valence-corrected chi connectivity index (χ4v) is 2.48. The molecule has 0 atom stereocenters. The van der Waals surface area contributed by atoms with Crippen LogP contribution in [-0.4, -0.2) is 35.9 Å². The van der Waals surface area contributed by atoms with Gasteiger partial charge in [0.2, 0.25) is 5.75 Å². The van der Waals surface area contributed by atoms with Crippen molar-refractivity contribution in [2.75, 3.05) is 20.2 Å². The van der Waals surface area contributed by atoms with E-state index in [1.165, 1.54) is 13.2 Å². The lowest BCUT2D eigenvalue weighted by Gasteiger charge is -2.17. The SMILES string of the molecule is CCc1cc(C(=O)N2CCCC2)c(OC)c([N+](=O)[O-])c1. The van der Waals surface area contributed by atoms with E-state index in [9.17, 15) is 14.9 Å². The zero-order valence-electron chi connectivity index (χ0n) is 11.7. The van der Waals surface area contributed by atoms with Gasteiger partial charge in [-0.15, -0.1) is 0 Å². The number of carbonyl (C=O) groups is 1. The molecular formula is C14H18N2O4. The molecule has 0 aliphatic carbocycles. The fraction of sp³-hybridized carbons (Fsp3) is 0.500. The number of nitrogens with zero attached hydrogens (tertiary/aromatic N) is 2. The maximum absolute atomic E-state index is 12.5. The van der Waals surface area contributed by atoms with Gasteiger partial charge in [-0.05, 0) is 30.9 Å². The molecule has 1 aromatic carbocycles. The number of nitro groups is 1. The second-order valence-corrected chi connectivity index (χ2v) is 4.81. The molecule has 1 saturated heterocycles. The van der Waals surface area contributed by atoms with Gasteiger partial charge in [0, 0.05) is 19.2 Å². The molecule has 0 N–H and O–H groups in total. The number of ether oxygens (including phenoxy) is 1. The third-order valence-electron chi connectivity index (χ3n) is 3.56. The van der Waals surface area contributed by atoms with E-state index in [4.69, 9.17) is 4.74 Å². The molecule has 1 fully saturated rings. The largest absolute Gasteiger partial charge is 0.490 e. The normalized spacial score (nSPS) is 14.4. The zero-order chi connectivity index (χ0) is 14.7. The van der Waals surface area contributed by atoms with Gasteiger partial charge in [0.05, 0.1) is 17.6 Å². The average Bonchev–Trinajstić information content (AvgIpc) is 2.98. The summed E-state index contributed by atoms with van der Waals surface area (Å²) in [7, 11) is 1.36. The predicted octanol–water partition coefficient (Wildman–Crippen LogP) is 2.40. The van der Waals surface area contributed by atoms with Crippen molar-refractivity contribution < 1.29 is 14.5 Å². The van der Waals surface area contributed by atoms with Crippen molar-refractivity contribution in [3.8, 4) is 5.75 Å². The minimum absolute atomic E-state index is 0.0594. The fourth-order valence-electron chi connectivity index (χ4n) is 2.48. The van der Waals surface area contributed by atoms with Gasteiger partial charge < -0.3 is 9.64 Å². The Bertz CT molecular complexity index is 536. The number of methoxy groups -OCH3 is 1. The summed E-state index contributed by atoms with van der Waals surface area (Å²) >= 11 is 0. The Morgan fingerprint density at radius 2 is 2.05 bits per heavy atom. The van der Waals surface area contributed by atoms with Gasteiger partial charge in [-0.2, -0.15) is 0 Å². The Hall–Kier alpha value is -2.11. The van der Waals surface area contributed by atoms with Crippen LogP contribution in [0, 0.1) is 10.1 Å². The molecule has 1 heterocycles. The molecule has 0 spiro atoms. The molecule has 6 heteroatoms. The lowest BCUT2D eigenvalue weighted by molar-refractivity contribution is -0.385. The van der Waals surface area contributed by atoms with E-state index in [0.29, 0.717) is 25.1 Å². The van der Waals surface area contributed by atoms with E-state index < -0.39 is 4.92 Å². The van der Waals surface area contributed by atoms with Crippen LogP contribution in [0.5, 0.6) is 5.75 Å². The topological polar surface area (TPSA) is 72.7 Å². The van der Waals surface area contributed by atoms with E-state index in [1.54, 1.807) is 11.0 Å². The van der Waals surface area contributed by atoms with Crippen LogP contribution >= 0.6 is 0 Å². The summed E-state index contributed by atoms with van der Waals surface area (Å²) in [6, 6.07) is 3.17. The Labute approximate surface area is 117 Å². The number of nitro benzene ring substituents is 1. The van der Waals surface area contributed by atoms with Crippen molar-refractivity contribution in [2.45, 2.75) is 26.2 Å². The van der Waals surface area contributed by atoms with Crippen LogP contribution in [0.4, 0.5) is 5.69 Å². The highest BCUT2D eigenvalue weighted by Gasteiger charge is 2.28. The molecule has 1 amide bonds. The van der Waals surface area contributed by atoms with Crippen molar-refractivity contribution in [1.82, 2.24) is 4.90 Å². The Morgan fingerprint density at radius 3 is 2.55 bits per heavy atom. The highest BCUT2D eigenvalue weighted by atomic mass is 16.6. The zero-order valence-corrected chi connectivity index (χ0v) is 11.7.